The summed E-state index contributed by atoms with van der Waals surface area (Å²) >= 11 is 0. The zero-order valence-corrected chi connectivity index (χ0v) is 18.8. The summed E-state index contributed by atoms with van der Waals surface area (Å²) in [5.74, 6) is 0.128. The minimum absolute atomic E-state index is 0.0166. The lowest BCUT2D eigenvalue weighted by Gasteiger charge is -2.33. The van der Waals surface area contributed by atoms with Crippen LogP contribution in [0.15, 0.2) is 33.7 Å². The van der Waals surface area contributed by atoms with Gasteiger partial charge in [0.05, 0.1) is 29.2 Å². The van der Waals surface area contributed by atoms with Crippen LogP contribution in [0.25, 0.3) is 0 Å². The van der Waals surface area contributed by atoms with E-state index in [4.69, 9.17) is 9.26 Å². The molecule has 0 bridgehead atoms. The average molecular weight is 468 g/mol. The van der Waals surface area contributed by atoms with Gasteiger partial charge in [-0.05, 0) is 18.1 Å². The maximum absolute atomic E-state index is 12.9. The van der Waals surface area contributed by atoms with Gasteiger partial charge < -0.3 is 9.26 Å². The van der Waals surface area contributed by atoms with Crippen LogP contribution in [-0.4, -0.2) is 73.4 Å². The number of ether oxygens (including phenoxy) is 1. The number of methoxy groups -OCH3 is 1. The predicted octanol–water partition coefficient (Wildman–Crippen LogP) is 1.66. The number of piperazine rings is 1. The minimum Gasteiger partial charge on any atom is -0.490 e. The minimum atomic E-state index is -3.93. The monoisotopic (exact) mass is 467 g/mol. The average Bonchev–Trinajstić information content (AvgIpc) is 3.22. The summed E-state index contributed by atoms with van der Waals surface area (Å²) in [7, 11) is -2.65. The summed E-state index contributed by atoms with van der Waals surface area (Å²) in [6, 6.07) is 5.21. The second-order valence-electron chi connectivity index (χ2n) is 7.59. The van der Waals surface area contributed by atoms with Gasteiger partial charge in [0, 0.05) is 38.3 Å². The number of benzene rings is 1. The van der Waals surface area contributed by atoms with Crippen LogP contribution in [0.3, 0.4) is 0 Å². The first-order valence-electron chi connectivity index (χ1n) is 9.93. The van der Waals surface area contributed by atoms with E-state index in [0.717, 1.165) is 11.8 Å². The van der Waals surface area contributed by atoms with Gasteiger partial charge in [-0.15, -0.1) is 0 Å². The molecule has 0 saturated carbocycles. The summed E-state index contributed by atoms with van der Waals surface area (Å²) in [5.41, 5.74) is 0.315. The first-order chi connectivity index (χ1) is 15.1. The van der Waals surface area contributed by atoms with E-state index in [1.54, 1.807) is 6.07 Å². The molecule has 12 nitrogen and oxygen atoms in total. The highest BCUT2D eigenvalue weighted by Crippen LogP contribution is 2.30. The number of aromatic nitrogens is 1. The quantitative estimate of drug-likeness (QED) is 0.452. The molecule has 1 N–H and O–H groups in total. The van der Waals surface area contributed by atoms with E-state index in [1.165, 1.54) is 23.5 Å². The van der Waals surface area contributed by atoms with Crippen molar-refractivity contribution < 1.29 is 27.4 Å². The van der Waals surface area contributed by atoms with Gasteiger partial charge >= 0.3 is 5.69 Å². The van der Waals surface area contributed by atoms with Crippen molar-refractivity contribution in [2.45, 2.75) is 24.7 Å². The number of nitrogens with one attached hydrogen (secondary N) is 1. The largest absolute Gasteiger partial charge is 0.490 e. The van der Waals surface area contributed by atoms with Crippen LogP contribution < -0.4 is 10.1 Å². The van der Waals surface area contributed by atoms with Crippen molar-refractivity contribution in [3.8, 4) is 5.75 Å². The fourth-order valence-electron chi connectivity index (χ4n) is 3.25. The van der Waals surface area contributed by atoms with Crippen molar-refractivity contribution >= 4 is 27.5 Å². The lowest BCUT2D eigenvalue weighted by molar-refractivity contribution is -0.386. The van der Waals surface area contributed by atoms with Gasteiger partial charge in [0.15, 0.2) is 5.75 Å². The number of hydrogen-bond donors (Lipinski definition) is 1. The van der Waals surface area contributed by atoms with Crippen LogP contribution in [0.1, 0.15) is 25.5 Å². The standard InChI is InChI=1S/C19H25N5O7S/c1-13(2)15-11-19(31-21-15)20-18(25)12-22-6-8-23(9-7-22)32(28,29)14-4-5-17(30-3)16(10-14)24(26)27/h4-5,10-11,13H,6-9,12H2,1-3H3,(H,20,25). The van der Waals surface area contributed by atoms with Crippen LogP contribution in [0.4, 0.5) is 11.6 Å². The van der Waals surface area contributed by atoms with Crippen LogP contribution >= 0.6 is 0 Å². The molecule has 1 aliphatic heterocycles. The van der Waals surface area contributed by atoms with Crippen LogP contribution in [0.2, 0.25) is 0 Å². The van der Waals surface area contributed by atoms with Crippen molar-refractivity contribution in [2.75, 3.05) is 45.2 Å². The van der Waals surface area contributed by atoms with Gasteiger partial charge in [-0.3, -0.25) is 25.1 Å². The van der Waals surface area contributed by atoms with Crippen molar-refractivity contribution in [1.29, 1.82) is 0 Å². The Morgan fingerprint density at radius 3 is 2.53 bits per heavy atom. The highest BCUT2D eigenvalue weighted by molar-refractivity contribution is 7.89. The molecule has 3 rings (SSSR count). The molecule has 1 amide bonds. The molecule has 0 radical (unpaired) electrons. The zero-order valence-electron chi connectivity index (χ0n) is 18.0. The van der Waals surface area contributed by atoms with Crippen molar-refractivity contribution in [3.05, 3.63) is 40.1 Å². The Morgan fingerprint density at radius 1 is 1.28 bits per heavy atom. The van der Waals surface area contributed by atoms with Gasteiger partial charge in [0.2, 0.25) is 21.8 Å². The van der Waals surface area contributed by atoms with Gasteiger partial charge in [-0.25, -0.2) is 8.42 Å². The number of anilines is 1. The summed E-state index contributed by atoms with van der Waals surface area (Å²) < 4.78 is 37.1. The zero-order chi connectivity index (χ0) is 23.5. The number of carbonyl (C=O) groups excluding carboxylic acids is 1. The van der Waals surface area contributed by atoms with E-state index in [0.29, 0.717) is 13.1 Å². The summed E-state index contributed by atoms with van der Waals surface area (Å²) in [5, 5.41) is 17.7. The van der Waals surface area contributed by atoms with Crippen LogP contribution in [0.5, 0.6) is 5.75 Å². The van der Waals surface area contributed by atoms with E-state index in [2.05, 4.69) is 10.5 Å². The molecular weight excluding hydrogens is 442 g/mol. The Morgan fingerprint density at radius 2 is 1.97 bits per heavy atom. The van der Waals surface area contributed by atoms with Gasteiger partial charge in [-0.1, -0.05) is 19.0 Å². The molecule has 0 aliphatic carbocycles. The second-order valence-corrected chi connectivity index (χ2v) is 9.53. The molecule has 1 fully saturated rings. The molecule has 174 valence electrons. The van der Waals surface area contributed by atoms with Gasteiger partial charge in [0.1, 0.15) is 0 Å². The third-order valence-corrected chi connectivity index (χ3v) is 6.96. The number of nitrogens with zero attached hydrogens (tertiary/aromatic N) is 4. The maximum atomic E-state index is 12.9. The fraction of sp³-hybridized carbons (Fsp3) is 0.474. The number of amides is 1. The van der Waals surface area contributed by atoms with E-state index < -0.39 is 20.6 Å². The SMILES string of the molecule is COc1ccc(S(=O)(=O)N2CCN(CC(=O)Nc3cc(C(C)C)no3)CC2)cc1[N+](=O)[O-]. The molecule has 0 unspecified atom stereocenters. The number of hydrogen-bond acceptors (Lipinski definition) is 9. The van der Waals surface area contributed by atoms with Gasteiger partial charge in [0.25, 0.3) is 0 Å². The fourth-order valence-corrected chi connectivity index (χ4v) is 4.69. The lowest BCUT2D eigenvalue weighted by Crippen LogP contribution is -2.50. The Kier molecular flexibility index (Phi) is 7.11. The lowest BCUT2D eigenvalue weighted by atomic mass is 10.1. The summed E-state index contributed by atoms with van der Waals surface area (Å²) in [6.45, 7) is 4.95. The molecule has 0 spiro atoms. The molecule has 32 heavy (non-hydrogen) atoms. The molecule has 1 saturated heterocycles. The summed E-state index contributed by atoms with van der Waals surface area (Å²) in [4.78, 5) is 24.4. The van der Waals surface area contributed by atoms with E-state index >= 15 is 0 Å². The molecule has 1 aromatic heterocycles. The Hall–Kier alpha value is -3.03. The Balaban J connectivity index is 1.59. The number of rotatable bonds is 8. The third-order valence-electron chi connectivity index (χ3n) is 5.07. The molecule has 2 heterocycles. The molecular formula is C19H25N5O7S. The highest BCUT2D eigenvalue weighted by Gasteiger charge is 2.31. The predicted molar refractivity (Wildman–Crippen MR) is 114 cm³/mol. The topological polar surface area (TPSA) is 148 Å². The van der Waals surface area contributed by atoms with Crippen molar-refractivity contribution in [2.24, 2.45) is 0 Å². The van der Waals surface area contributed by atoms with Crippen molar-refractivity contribution in [3.63, 3.8) is 0 Å². The summed E-state index contributed by atoms with van der Waals surface area (Å²) in [6.07, 6.45) is 0. The smallest absolute Gasteiger partial charge is 0.312 e. The second kappa shape index (κ2) is 9.63. The van der Waals surface area contributed by atoms with Gasteiger partial charge in [-0.2, -0.15) is 4.31 Å². The molecule has 13 heteroatoms. The highest BCUT2D eigenvalue weighted by atomic mass is 32.2. The van der Waals surface area contributed by atoms with E-state index in [9.17, 15) is 23.3 Å². The molecule has 2 aromatic rings. The maximum Gasteiger partial charge on any atom is 0.312 e. The van der Waals surface area contributed by atoms with Crippen LogP contribution in [0, 0.1) is 10.1 Å². The van der Waals surface area contributed by atoms with E-state index in [1.807, 2.05) is 18.7 Å². The number of sulfonamides is 1. The first kappa shape index (κ1) is 23.6. The molecule has 0 atom stereocenters. The molecule has 1 aromatic carbocycles. The van der Waals surface area contributed by atoms with Crippen LogP contribution in [-0.2, 0) is 14.8 Å². The number of carbonyl (C=O) groups is 1. The number of nitro groups is 1. The normalized spacial score (nSPS) is 15.6. The Labute approximate surface area is 185 Å². The van der Waals surface area contributed by atoms with Crippen molar-refractivity contribution in [1.82, 2.24) is 14.4 Å². The third kappa shape index (κ3) is 5.23. The van der Waals surface area contributed by atoms with E-state index in [-0.39, 0.29) is 48.0 Å². The first-order valence-corrected chi connectivity index (χ1v) is 11.4. The molecule has 1 aliphatic rings. The Bertz CT molecular complexity index is 1090. The number of nitro benzene ring substituents is 1.